The van der Waals surface area contributed by atoms with Crippen molar-refractivity contribution >= 4 is 5.69 Å². The molecule has 2 aromatic rings. The van der Waals surface area contributed by atoms with E-state index in [0.717, 1.165) is 30.9 Å². The van der Waals surface area contributed by atoms with E-state index < -0.39 is 0 Å². The van der Waals surface area contributed by atoms with E-state index in [-0.39, 0.29) is 5.41 Å². The maximum absolute atomic E-state index is 5.40. The minimum atomic E-state index is -0.0511. The van der Waals surface area contributed by atoms with Crippen LogP contribution in [0.1, 0.15) is 56.0 Å². The zero-order chi connectivity index (χ0) is 15.7. The highest BCUT2D eigenvalue weighted by atomic mass is 16.5. The summed E-state index contributed by atoms with van der Waals surface area (Å²) in [6.45, 7) is 10.9. The molecule has 1 aromatic heterocycles. The van der Waals surface area contributed by atoms with Crippen molar-refractivity contribution in [3.63, 3.8) is 0 Å². The zero-order valence-corrected chi connectivity index (χ0v) is 14.1. The predicted octanol–water partition coefficient (Wildman–Crippen LogP) is 4.47. The highest BCUT2D eigenvalue weighted by Gasteiger charge is 2.39. The van der Waals surface area contributed by atoms with Crippen LogP contribution in [0.3, 0.4) is 0 Å². The van der Waals surface area contributed by atoms with Crippen LogP contribution in [0.5, 0.6) is 0 Å². The number of hydrogen-bond donors (Lipinski definition) is 0. The van der Waals surface area contributed by atoms with Gasteiger partial charge in [-0.15, -0.1) is 0 Å². The van der Waals surface area contributed by atoms with Crippen LogP contribution in [0.15, 0.2) is 29.0 Å². The van der Waals surface area contributed by atoms with E-state index in [1.807, 2.05) is 6.26 Å². The van der Waals surface area contributed by atoms with Crippen LogP contribution < -0.4 is 4.90 Å². The summed E-state index contributed by atoms with van der Waals surface area (Å²) in [5, 5.41) is 4.44. The normalized spacial score (nSPS) is 20.7. The van der Waals surface area contributed by atoms with Gasteiger partial charge in [-0.1, -0.05) is 23.4 Å². The van der Waals surface area contributed by atoms with E-state index in [1.54, 1.807) is 0 Å². The number of hydrogen-bond acceptors (Lipinski definition) is 3. The SMILES string of the molecule is CCN(CC)c1conc1C1(C)CCCc2c(C)cccc21. The second-order valence-corrected chi connectivity index (χ2v) is 6.51. The molecule has 1 atom stereocenters. The monoisotopic (exact) mass is 298 g/mol. The quantitative estimate of drug-likeness (QED) is 0.834. The van der Waals surface area contributed by atoms with Crippen molar-refractivity contribution in [1.82, 2.24) is 5.16 Å². The number of anilines is 1. The maximum atomic E-state index is 5.40. The first-order valence-corrected chi connectivity index (χ1v) is 8.40. The van der Waals surface area contributed by atoms with Gasteiger partial charge in [-0.05, 0) is 63.6 Å². The molecule has 118 valence electrons. The summed E-state index contributed by atoms with van der Waals surface area (Å²) < 4.78 is 5.40. The van der Waals surface area contributed by atoms with E-state index in [1.165, 1.54) is 29.5 Å². The van der Waals surface area contributed by atoms with Gasteiger partial charge in [-0.25, -0.2) is 0 Å². The predicted molar refractivity (Wildman–Crippen MR) is 90.6 cm³/mol. The molecule has 0 aliphatic heterocycles. The van der Waals surface area contributed by atoms with Gasteiger partial charge < -0.3 is 9.42 Å². The molecule has 0 N–H and O–H groups in total. The molecule has 22 heavy (non-hydrogen) atoms. The van der Waals surface area contributed by atoms with E-state index in [2.05, 4.69) is 56.0 Å². The Bertz CT molecular complexity index is 657. The Morgan fingerprint density at radius 3 is 2.77 bits per heavy atom. The lowest BCUT2D eigenvalue weighted by molar-refractivity contribution is 0.375. The molecule has 0 fully saturated rings. The highest BCUT2D eigenvalue weighted by Crippen LogP contribution is 2.45. The fourth-order valence-electron chi connectivity index (χ4n) is 3.95. The van der Waals surface area contributed by atoms with Crippen molar-refractivity contribution in [2.24, 2.45) is 0 Å². The number of fused-ring (bicyclic) bond motifs is 1. The van der Waals surface area contributed by atoms with Crippen molar-refractivity contribution in [3.8, 4) is 0 Å². The van der Waals surface area contributed by atoms with Crippen LogP contribution in [-0.4, -0.2) is 18.2 Å². The third-order valence-corrected chi connectivity index (χ3v) is 5.29. The molecule has 0 saturated heterocycles. The zero-order valence-electron chi connectivity index (χ0n) is 14.1. The van der Waals surface area contributed by atoms with Crippen molar-refractivity contribution in [1.29, 1.82) is 0 Å². The fraction of sp³-hybridized carbons (Fsp3) is 0.526. The lowest BCUT2D eigenvalue weighted by Crippen LogP contribution is -2.33. The van der Waals surface area contributed by atoms with Crippen LogP contribution >= 0.6 is 0 Å². The lowest BCUT2D eigenvalue weighted by atomic mass is 9.68. The Balaban J connectivity index is 2.14. The number of nitrogens with zero attached hydrogens (tertiary/aromatic N) is 2. The summed E-state index contributed by atoms with van der Waals surface area (Å²) >= 11 is 0. The molecule has 0 saturated carbocycles. The van der Waals surface area contributed by atoms with E-state index in [0.29, 0.717) is 0 Å². The summed E-state index contributed by atoms with van der Waals surface area (Å²) in [5.41, 5.74) is 6.54. The Kier molecular flexibility index (Phi) is 3.98. The van der Waals surface area contributed by atoms with Crippen LogP contribution in [0, 0.1) is 6.92 Å². The molecule has 3 heteroatoms. The van der Waals surface area contributed by atoms with Gasteiger partial charge in [0.1, 0.15) is 17.6 Å². The molecule has 0 spiro atoms. The number of rotatable bonds is 4. The number of aryl methyl sites for hydroxylation is 1. The summed E-state index contributed by atoms with van der Waals surface area (Å²) in [7, 11) is 0. The average molecular weight is 298 g/mol. The Morgan fingerprint density at radius 1 is 1.27 bits per heavy atom. The van der Waals surface area contributed by atoms with Crippen LogP contribution in [0.2, 0.25) is 0 Å². The van der Waals surface area contributed by atoms with Crippen LogP contribution in [-0.2, 0) is 11.8 Å². The standard InChI is InChI=1S/C19H26N2O/c1-5-21(6-2)17-13-22-20-18(17)19(4)12-8-10-15-14(3)9-7-11-16(15)19/h7,9,11,13H,5-6,8,10,12H2,1-4H3. The average Bonchev–Trinajstić information content (AvgIpc) is 3.00. The van der Waals surface area contributed by atoms with E-state index >= 15 is 0 Å². The second kappa shape index (κ2) is 5.79. The first-order chi connectivity index (χ1) is 10.6. The van der Waals surface area contributed by atoms with E-state index in [4.69, 9.17) is 4.52 Å². The topological polar surface area (TPSA) is 29.3 Å². The molecule has 1 aromatic carbocycles. The molecule has 3 rings (SSSR count). The third-order valence-electron chi connectivity index (χ3n) is 5.29. The molecule has 0 bridgehead atoms. The lowest BCUT2D eigenvalue weighted by Gasteiger charge is -2.37. The Morgan fingerprint density at radius 2 is 2.05 bits per heavy atom. The van der Waals surface area contributed by atoms with Crippen molar-refractivity contribution in [2.75, 3.05) is 18.0 Å². The van der Waals surface area contributed by atoms with Crippen molar-refractivity contribution < 1.29 is 4.52 Å². The van der Waals surface area contributed by atoms with Crippen molar-refractivity contribution in [2.45, 2.75) is 52.4 Å². The molecule has 3 nitrogen and oxygen atoms in total. The minimum absolute atomic E-state index is 0.0511. The molecule has 1 aliphatic carbocycles. The molecular formula is C19H26N2O. The van der Waals surface area contributed by atoms with Gasteiger partial charge in [0.05, 0.1) is 0 Å². The summed E-state index contributed by atoms with van der Waals surface area (Å²) in [6.07, 6.45) is 5.33. The van der Waals surface area contributed by atoms with Gasteiger partial charge in [0.2, 0.25) is 0 Å². The fourth-order valence-corrected chi connectivity index (χ4v) is 3.95. The maximum Gasteiger partial charge on any atom is 0.147 e. The second-order valence-electron chi connectivity index (χ2n) is 6.51. The first kappa shape index (κ1) is 15.1. The van der Waals surface area contributed by atoms with Gasteiger partial charge in [-0.3, -0.25) is 0 Å². The van der Waals surface area contributed by atoms with Crippen LogP contribution in [0.4, 0.5) is 5.69 Å². The minimum Gasteiger partial charge on any atom is -0.368 e. The number of aromatic nitrogens is 1. The molecule has 0 amide bonds. The number of benzene rings is 1. The third kappa shape index (κ3) is 2.23. The van der Waals surface area contributed by atoms with E-state index in [9.17, 15) is 0 Å². The summed E-state index contributed by atoms with van der Waals surface area (Å²) in [5.74, 6) is 0. The Labute approximate surface area is 133 Å². The first-order valence-electron chi connectivity index (χ1n) is 8.40. The molecule has 0 radical (unpaired) electrons. The van der Waals surface area contributed by atoms with Gasteiger partial charge in [0.15, 0.2) is 0 Å². The molecule has 1 unspecified atom stereocenters. The highest BCUT2D eigenvalue weighted by molar-refractivity contribution is 5.57. The summed E-state index contributed by atoms with van der Waals surface area (Å²) in [4.78, 5) is 2.33. The summed E-state index contributed by atoms with van der Waals surface area (Å²) in [6, 6.07) is 6.68. The van der Waals surface area contributed by atoms with Crippen molar-refractivity contribution in [3.05, 3.63) is 46.8 Å². The molecule has 1 aliphatic rings. The van der Waals surface area contributed by atoms with Gasteiger partial charge in [0, 0.05) is 18.5 Å². The van der Waals surface area contributed by atoms with Gasteiger partial charge in [0.25, 0.3) is 0 Å². The largest absolute Gasteiger partial charge is 0.368 e. The smallest absolute Gasteiger partial charge is 0.147 e. The van der Waals surface area contributed by atoms with Gasteiger partial charge in [-0.2, -0.15) is 0 Å². The Hall–Kier alpha value is -1.77. The molecule has 1 heterocycles. The molecular weight excluding hydrogens is 272 g/mol. The van der Waals surface area contributed by atoms with Gasteiger partial charge >= 0.3 is 0 Å². The van der Waals surface area contributed by atoms with Crippen LogP contribution in [0.25, 0.3) is 0 Å².